The molecule has 1 aromatic rings. The van der Waals surface area contributed by atoms with Gasteiger partial charge in [0.05, 0.1) is 0 Å². The summed E-state index contributed by atoms with van der Waals surface area (Å²) in [5.74, 6) is 2.91. The second-order valence-corrected chi connectivity index (χ2v) is 6.00. The Balaban J connectivity index is 1.87. The highest BCUT2D eigenvalue weighted by Crippen LogP contribution is 2.25. The lowest BCUT2D eigenvalue weighted by Crippen LogP contribution is -2.22. The second kappa shape index (κ2) is 6.77. The van der Waals surface area contributed by atoms with Crippen LogP contribution < -0.4 is 15.8 Å². The van der Waals surface area contributed by atoms with E-state index in [1.165, 1.54) is 0 Å². The smallest absolute Gasteiger partial charge is 0.228 e. The quantitative estimate of drug-likeness (QED) is 0.814. The highest BCUT2D eigenvalue weighted by atomic mass is 32.2. The average molecular weight is 296 g/mol. The van der Waals surface area contributed by atoms with Crippen LogP contribution in [0.5, 0.6) is 5.75 Å². The van der Waals surface area contributed by atoms with E-state index in [1.807, 2.05) is 23.9 Å². The largest absolute Gasteiger partial charge is 0.487 e. The molecule has 0 bridgehead atoms. The molecule has 2 rings (SSSR count). The molecule has 6 heteroatoms. The molecule has 102 valence electrons. The van der Waals surface area contributed by atoms with Crippen LogP contribution in [-0.2, 0) is 4.79 Å². The van der Waals surface area contributed by atoms with Crippen LogP contribution in [0, 0.1) is 5.92 Å². The molecule has 1 aliphatic rings. The number of anilines is 1. The molecule has 4 nitrogen and oxygen atoms in total. The van der Waals surface area contributed by atoms with Gasteiger partial charge in [0.25, 0.3) is 0 Å². The van der Waals surface area contributed by atoms with Crippen LogP contribution in [0.4, 0.5) is 5.69 Å². The third-order valence-electron chi connectivity index (χ3n) is 2.80. The first-order valence-electron chi connectivity index (χ1n) is 6.05. The van der Waals surface area contributed by atoms with Crippen LogP contribution in [-0.4, -0.2) is 29.0 Å². The second-order valence-electron chi connectivity index (χ2n) is 4.33. The van der Waals surface area contributed by atoms with Gasteiger partial charge in [-0.15, -0.1) is 0 Å². The van der Waals surface area contributed by atoms with Gasteiger partial charge in [0.2, 0.25) is 5.91 Å². The minimum Gasteiger partial charge on any atom is -0.487 e. The summed E-state index contributed by atoms with van der Waals surface area (Å²) in [4.78, 5) is 12.2. The van der Waals surface area contributed by atoms with E-state index in [1.54, 1.807) is 12.1 Å². The minimum atomic E-state index is 0.0989. The van der Waals surface area contributed by atoms with Gasteiger partial charge in [0.15, 0.2) is 0 Å². The number of rotatable bonds is 5. The molecule has 1 amide bonds. The summed E-state index contributed by atoms with van der Waals surface area (Å²) in [5, 5.41) is 2.92. The molecule has 0 saturated carbocycles. The number of amides is 1. The lowest BCUT2D eigenvalue weighted by molar-refractivity contribution is -0.119. The van der Waals surface area contributed by atoms with E-state index < -0.39 is 0 Å². The van der Waals surface area contributed by atoms with Crippen molar-refractivity contribution in [2.75, 3.05) is 23.4 Å². The van der Waals surface area contributed by atoms with Crippen molar-refractivity contribution >= 4 is 40.6 Å². The molecule has 19 heavy (non-hydrogen) atoms. The third kappa shape index (κ3) is 4.40. The number of ether oxygens (including phenoxy) is 1. The fourth-order valence-corrected chi connectivity index (χ4v) is 3.05. The number of nitrogens with two attached hydrogens (primary N) is 1. The Kier molecular flexibility index (Phi) is 5.04. The van der Waals surface area contributed by atoms with E-state index in [0.29, 0.717) is 10.7 Å². The Labute approximate surface area is 122 Å². The van der Waals surface area contributed by atoms with Gasteiger partial charge in [-0.1, -0.05) is 12.2 Å². The predicted molar refractivity (Wildman–Crippen MR) is 82.8 cm³/mol. The molecule has 0 aromatic heterocycles. The van der Waals surface area contributed by atoms with Gasteiger partial charge < -0.3 is 15.8 Å². The van der Waals surface area contributed by atoms with Gasteiger partial charge in [-0.05, 0) is 36.4 Å². The van der Waals surface area contributed by atoms with Crippen LogP contribution in [0.15, 0.2) is 24.3 Å². The number of nitrogens with one attached hydrogen (secondary N) is 1. The molecule has 0 radical (unpaired) electrons. The highest BCUT2D eigenvalue weighted by molar-refractivity contribution is 7.99. The van der Waals surface area contributed by atoms with Gasteiger partial charge >= 0.3 is 0 Å². The molecular weight excluding hydrogens is 280 g/mol. The van der Waals surface area contributed by atoms with E-state index in [9.17, 15) is 4.79 Å². The summed E-state index contributed by atoms with van der Waals surface area (Å²) >= 11 is 6.56. The summed E-state index contributed by atoms with van der Waals surface area (Å²) in [6.07, 6.45) is 0.964. The van der Waals surface area contributed by atoms with Crippen molar-refractivity contribution in [2.45, 2.75) is 6.42 Å². The molecule has 1 atom stereocenters. The number of thiocarbonyl (C=S) groups is 1. The standard InChI is InChI=1S/C13H16N2O2S2/c14-12(18)7-17-11-3-1-10(2-4-11)15-13(16)9-5-6-19-8-9/h1-4,9H,5-8H2,(H2,14,18)(H,15,16). The molecule has 0 spiro atoms. The number of hydrogen-bond donors (Lipinski definition) is 2. The minimum absolute atomic E-state index is 0.0989. The monoisotopic (exact) mass is 296 g/mol. The number of carbonyl (C=O) groups is 1. The molecule has 1 aliphatic heterocycles. The van der Waals surface area contributed by atoms with Crippen molar-refractivity contribution in [3.05, 3.63) is 24.3 Å². The molecule has 0 aliphatic carbocycles. The van der Waals surface area contributed by atoms with Crippen LogP contribution in [0.3, 0.4) is 0 Å². The molecule has 3 N–H and O–H groups in total. The van der Waals surface area contributed by atoms with Gasteiger partial charge in [-0.25, -0.2) is 0 Å². The van der Waals surface area contributed by atoms with Crippen LogP contribution in [0.1, 0.15) is 6.42 Å². The van der Waals surface area contributed by atoms with Crippen molar-refractivity contribution in [3.63, 3.8) is 0 Å². The SMILES string of the molecule is NC(=S)COc1ccc(NC(=O)C2CCSC2)cc1. The fraction of sp³-hybridized carbons (Fsp3) is 0.385. The fourth-order valence-electron chi connectivity index (χ4n) is 1.77. The lowest BCUT2D eigenvalue weighted by Gasteiger charge is -2.10. The summed E-state index contributed by atoms with van der Waals surface area (Å²) in [6.45, 7) is 0.223. The zero-order valence-electron chi connectivity index (χ0n) is 10.4. The van der Waals surface area contributed by atoms with Gasteiger partial charge in [-0.3, -0.25) is 4.79 Å². The summed E-state index contributed by atoms with van der Waals surface area (Å²) in [6, 6.07) is 7.21. The van der Waals surface area contributed by atoms with Crippen LogP contribution in [0.2, 0.25) is 0 Å². The van der Waals surface area contributed by atoms with Crippen molar-refractivity contribution in [1.82, 2.24) is 0 Å². The van der Waals surface area contributed by atoms with E-state index in [0.717, 1.165) is 23.6 Å². The Bertz CT molecular complexity index is 456. The summed E-state index contributed by atoms with van der Waals surface area (Å²) < 4.78 is 5.34. The van der Waals surface area contributed by atoms with Crippen molar-refractivity contribution in [3.8, 4) is 5.75 Å². The Morgan fingerprint density at radius 2 is 2.21 bits per heavy atom. The van der Waals surface area contributed by atoms with Crippen molar-refractivity contribution in [1.29, 1.82) is 0 Å². The molecule has 1 saturated heterocycles. The number of carbonyl (C=O) groups excluding carboxylic acids is 1. The molecular formula is C13H16N2O2S2. The summed E-state index contributed by atoms with van der Waals surface area (Å²) in [7, 11) is 0. The first-order chi connectivity index (χ1) is 9.15. The first kappa shape index (κ1) is 14.1. The van der Waals surface area contributed by atoms with Gasteiger partial charge in [0.1, 0.15) is 17.3 Å². The zero-order chi connectivity index (χ0) is 13.7. The van der Waals surface area contributed by atoms with Gasteiger partial charge in [-0.2, -0.15) is 11.8 Å². The number of thioether (sulfide) groups is 1. The van der Waals surface area contributed by atoms with Gasteiger partial charge in [0, 0.05) is 17.4 Å². The Morgan fingerprint density at radius 3 is 2.79 bits per heavy atom. The molecule has 1 fully saturated rings. The molecule has 1 heterocycles. The normalized spacial score (nSPS) is 18.0. The maximum Gasteiger partial charge on any atom is 0.228 e. The van der Waals surface area contributed by atoms with E-state index in [2.05, 4.69) is 5.32 Å². The summed E-state index contributed by atoms with van der Waals surface area (Å²) in [5.41, 5.74) is 6.14. The molecule has 1 aromatic carbocycles. The van der Waals surface area contributed by atoms with E-state index in [-0.39, 0.29) is 18.4 Å². The number of hydrogen-bond acceptors (Lipinski definition) is 4. The topological polar surface area (TPSA) is 64.3 Å². The Hall–Kier alpha value is -1.27. The third-order valence-corrected chi connectivity index (χ3v) is 4.08. The van der Waals surface area contributed by atoms with Crippen LogP contribution in [0.25, 0.3) is 0 Å². The Morgan fingerprint density at radius 1 is 1.47 bits per heavy atom. The average Bonchev–Trinajstić information content (AvgIpc) is 2.92. The van der Waals surface area contributed by atoms with Crippen LogP contribution >= 0.6 is 24.0 Å². The van der Waals surface area contributed by atoms with Crippen molar-refractivity contribution in [2.24, 2.45) is 11.7 Å². The van der Waals surface area contributed by atoms with Crippen molar-refractivity contribution < 1.29 is 9.53 Å². The maximum atomic E-state index is 11.9. The lowest BCUT2D eigenvalue weighted by atomic mass is 10.1. The first-order valence-corrected chi connectivity index (χ1v) is 7.61. The maximum absolute atomic E-state index is 11.9. The zero-order valence-corrected chi connectivity index (χ0v) is 12.1. The van der Waals surface area contributed by atoms with E-state index in [4.69, 9.17) is 22.7 Å². The van der Waals surface area contributed by atoms with E-state index >= 15 is 0 Å². The molecule has 1 unspecified atom stereocenters. The number of benzene rings is 1. The predicted octanol–water partition coefficient (Wildman–Crippen LogP) is 2.04. The highest BCUT2D eigenvalue weighted by Gasteiger charge is 2.22.